The van der Waals surface area contributed by atoms with Gasteiger partial charge < -0.3 is 9.32 Å². The van der Waals surface area contributed by atoms with E-state index in [0.717, 1.165) is 50.1 Å². The molecule has 0 aliphatic carbocycles. The zero-order chi connectivity index (χ0) is 38.3. The van der Waals surface area contributed by atoms with Gasteiger partial charge in [0.25, 0.3) is 0 Å². The zero-order valence-electron chi connectivity index (χ0n) is 32.1. The second-order valence-corrected chi connectivity index (χ2v) is 15.1. The van der Waals surface area contributed by atoms with Crippen molar-refractivity contribution in [1.82, 2.24) is 0 Å². The number of furan rings is 1. The van der Waals surface area contributed by atoms with Crippen LogP contribution in [0.25, 0.3) is 77.2 Å². The van der Waals surface area contributed by atoms with Crippen LogP contribution in [0.15, 0.2) is 211 Å². The molecule has 0 unspecified atom stereocenters. The standard InChI is InChI=1S/C55H41NO/c1-37(2)45-35-44-13-6-7-14-49(44)53(36-45)43-21-19-39(20-22-43)41-25-31-47(32-26-41)56(46-29-23-40(24-30-46)38-11-4-3-5-12-38)48-33-27-42(28-34-48)50-16-10-17-52-51-15-8-9-18-54(51)57-55(50)52/h3-37H,1-2H3. The van der Waals surface area contributed by atoms with Crippen LogP contribution >= 0.6 is 0 Å². The Kier molecular flexibility index (Phi) is 8.73. The first-order valence-corrected chi connectivity index (χ1v) is 19.8. The lowest BCUT2D eigenvalue weighted by Crippen LogP contribution is -2.09. The fourth-order valence-electron chi connectivity index (χ4n) is 8.20. The average Bonchev–Trinajstić information content (AvgIpc) is 3.66. The normalized spacial score (nSPS) is 11.5. The van der Waals surface area contributed by atoms with Gasteiger partial charge in [0.2, 0.25) is 0 Å². The summed E-state index contributed by atoms with van der Waals surface area (Å²) in [5.41, 5.74) is 15.9. The highest BCUT2D eigenvalue weighted by molar-refractivity contribution is 6.09. The largest absolute Gasteiger partial charge is 0.455 e. The maximum absolute atomic E-state index is 6.40. The van der Waals surface area contributed by atoms with Crippen LogP contribution in [-0.4, -0.2) is 0 Å². The Morgan fingerprint density at radius 3 is 1.47 bits per heavy atom. The molecule has 10 rings (SSSR count). The summed E-state index contributed by atoms with van der Waals surface area (Å²) in [6.07, 6.45) is 0. The van der Waals surface area contributed by atoms with Gasteiger partial charge in [-0.1, -0.05) is 178 Å². The first-order chi connectivity index (χ1) is 28.1. The third-order valence-electron chi connectivity index (χ3n) is 11.3. The molecule has 1 aromatic heterocycles. The lowest BCUT2D eigenvalue weighted by molar-refractivity contribution is 0.670. The summed E-state index contributed by atoms with van der Waals surface area (Å²) >= 11 is 0. The molecule has 10 aromatic rings. The molecule has 2 nitrogen and oxygen atoms in total. The second-order valence-electron chi connectivity index (χ2n) is 15.1. The van der Waals surface area contributed by atoms with Crippen LogP contribution in [0.5, 0.6) is 0 Å². The van der Waals surface area contributed by atoms with Gasteiger partial charge in [0.15, 0.2) is 0 Å². The molecule has 2 heteroatoms. The maximum atomic E-state index is 6.40. The molecule has 0 saturated carbocycles. The van der Waals surface area contributed by atoms with Crippen LogP contribution in [0.3, 0.4) is 0 Å². The highest BCUT2D eigenvalue weighted by Crippen LogP contribution is 2.40. The number of nitrogens with zero attached hydrogens (tertiary/aromatic N) is 1. The SMILES string of the molecule is CC(C)c1cc(-c2ccc(-c3ccc(N(c4ccc(-c5ccccc5)cc4)c4ccc(-c5cccc6c5oc5ccccc56)cc4)cc3)cc2)c2ccccc2c1. The van der Waals surface area contributed by atoms with Crippen molar-refractivity contribution in [1.29, 1.82) is 0 Å². The van der Waals surface area contributed by atoms with Crippen molar-refractivity contribution in [3.63, 3.8) is 0 Å². The van der Waals surface area contributed by atoms with Crippen molar-refractivity contribution in [2.75, 3.05) is 4.90 Å². The summed E-state index contributed by atoms with van der Waals surface area (Å²) in [5.74, 6) is 0.461. The molecule has 0 atom stereocenters. The van der Waals surface area contributed by atoms with E-state index < -0.39 is 0 Å². The molecular weight excluding hydrogens is 691 g/mol. The van der Waals surface area contributed by atoms with Crippen molar-refractivity contribution in [2.45, 2.75) is 19.8 Å². The summed E-state index contributed by atoms with van der Waals surface area (Å²) in [4.78, 5) is 2.33. The Morgan fingerprint density at radius 1 is 0.368 bits per heavy atom. The minimum atomic E-state index is 0.461. The smallest absolute Gasteiger partial charge is 0.143 e. The topological polar surface area (TPSA) is 16.4 Å². The lowest BCUT2D eigenvalue weighted by atomic mass is 9.91. The molecule has 0 saturated heterocycles. The van der Waals surface area contributed by atoms with Crippen molar-refractivity contribution in [3.05, 3.63) is 212 Å². The summed E-state index contributed by atoms with van der Waals surface area (Å²) in [7, 11) is 0. The first-order valence-electron chi connectivity index (χ1n) is 19.8. The van der Waals surface area contributed by atoms with E-state index in [4.69, 9.17) is 4.42 Å². The number of benzene rings is 9. The third kappa shape index (κ3) is 6.46. The van der Waals surface area contributed by atoms with Crippen LogP contribution in [0.2, 0.25) is 0 Å². The van der Waals surface area contributed by atoms with Crippen LogP contribution in [0, 0.1) is 0 Å². The molecule has 0 spiro atoms. The van der Waals surface area contributed by atoms with Crippen LogP contribution in [0.4, 0.5) is 17.1 Å². The summed E-state index contributed by atoms with van der Waals surface area (Å²) < 4.78 is 6.40. The van der Waals surface area contributed by atoms with Gasteiger partial charge in [-0.15, -0.1) is 0 Å². The van der Waals surface area contributed by atoms with Crippen LogP contribution in [0.1, 0.15) is 25.3 Å². The van der Waals surface area contributed by atoms with E-state index in [1.165, 1.54) is 49.7 Å². The van der Waals surface area contributed by atoms with Crippen molar-refractivity contribution >= 4 is 49.8 Å². The van der Waals surface area contributed by atoms with Crippen LogP contribution < -0.4 is 4.90 Å². The fourth-order valence-corrected chi connectivity index (χ4v) is 8.20. The molecule has 9 aromatic carbocycles. The molecule has 57 heavy (non-hydrogen) atoms. The van der Waals surface area contributed by atoms with Gasteiger partial charge in [-0.3, -0.25) is 0 Å². The van der Waals surface area contributed by atoms with Crippen molar-refractivity contribution in [2.24, 2.45) is 0 Å². The minimum absolute atomic E-state index is 0.461. The molecule has 0 aliphatic heterocycles. The Bertz CT molecular complexity index is 2990. The molecular formula is C55H41NO. The summed E-state index contributed by atoms with van der Waals surface area (Å²) in [5, 5.41) is 4.85. The van der Waals surface area contributed by atoms with Gasteiger partial charge in [0, 0.05) is 33.4 Å². The Hall–Kier alpha value is -7.16. The van der Waals surface area contributed by atoms with Gasteiger partial charge in [-0.25, -0.2) is 0 Å². The molecule has 0 N–H and O–H groups in total. The van der Waals surface area contributed by atoms with E-state index in [2.05, 4.69) is 213 Å². The van der Waals surface area contributed by atoms with Gasteiger partial charge in [-0.05, 0) is 104 Å². The van der Waals surface area contributed by atoms with E-state index in [1.807, 2.05) is 12.1 Å². The van der Waals surface area contributed by atoms with E-state index in [1.54, 1.807) is 0 Å². The zero-order valence-corrected chi connectivity index (χ0v) is 32.1. The number of hydrogen-bond acceptors (Lipinski definition) is 2. The monoisotopic (exact) mass is 731 g/mol. The third-order valence-corrected chi connectivity index (χ3v) is 11.3. The second kappa shape index (κ2) is 14.5. The Morgan fingerprint density at radius 2 is 0.842 bits per heavy atom. The fraction of sp³-hybridized carbons (Fsp3) is 0.0545. The van der Waals surface area contributed by atoms with Gasteiger partial charge in [0.1, 0.15) is 11.2 Å². The highest BCUT2D eigenvalue weighted by atomic mass is 16.3. The van der Waals surface area contributed by atoms with Crippen LogP contribution in [-0.2, 0) is 0 Å². The molecule has 272 valence electrons. The number of anilines is 3. The van der Waals surface area contributed by atoms with E-state index in [0.29, 0.717) is 5.92 Å². The Labute approximate surface area is 333 Å². The quantitative estimate of drug-likeness (QED) is 0.155. The maximum Gasteiger partial charge on any atom is 0.143 e. The molecule has 1 heterocycles. The summed E-state index contributed by atoms with van der Waals surface area (Å²) in [6.45, 7) is 4.53. The predicted molar refractivity (Wildman–Crippen MR) is 242 cm³/mol. The highest BCUT2D eigenvalue weighted by Gasteiger charge is 2.16. The van der Waals surface area contributed by atoms with E-state index in [9.17, 15) is 0 Å². The van der Waals surface area contributed by atoms with Gasteiger partial charge in [0.05, 0.1) is 0 Å². The summed E-state index contributed by atoms with van der Waals surface area (Å²) in [6, 6.07) is 74.3. The number of para-hydroxylation sites is 2. The average molecular weight is 732 g/mol. The van der Waals surface area contributed by atoms with Crippen molar-refractivity contribution in [3.8, 4) is 44.5 Å². The Balaban J connectivity index is 0.995. The minimum Gasteiger partial charge on any atom is -0.455 e. The molecule has 0 bridgehead atoms. The molecule has 0 aliphatic rings. The van der Waals surface area contributed by atoms with Gasteiger partial charge >= 0.3 is 0 Å². The molecule has 0 amide bonds. The molecule has 0 radical (unpaired) electrons. The van der Waals surface area contributed by atoms with Crippen molar-refractivity contribution < 1.29 is 4.42 Å². The number of hydrogen-bond donors (Lipinski definition) is 0. The first kappa shape index (κ1) is 34.3. The number of rotatable bonds is 8. The number of fused-ring (bicyclic) bond motifs is 4. The van der Waals surface area contributed by atoms with Gasteiger partial charge in [-0.2, -0.15) is 0 Å². The lowest BCUT2D eigenvalue weighted by Gasteiger charge is -2.26. The molecule has 0 fully saturated rings. The van der Waals surface area contributed by atoms with E-state index in [-0.39, 0.29) is 0 Å². The van der Waals surface area contributed by atoms with E-state index >= 15 is 0 Å². The predicted octanol–water partition coefficient (Wildman–Crippen LogP) is 16.0.